The fraction of sp³-hybridized carbons (Fsp3) is 0.588. The van der Waals surface area contributed by atoms with Crippen LogP contribution in [-0.2, 0) is 9.47 Å². The Labute approximate surface area is 120 Å². The number of fused-ring (bicyclic) bond motifs is 1. The molecular formula is C17H22O3. The summed E-state index contributed by atoms with van der Waals surface area (Å²) in [6.45, 7) is 5.63. The van der Waals surface area contributed by atoms with Gasteiger partial charge in [-0.1, -0.05) is 38.1 Å². The number of ether oxygens (including phenoxy) is 2. The zero-order valence-corrected chi connectivity index (χ0v) is 12.2. The Hall–Kier alpha value is -1.19. The van der Waals surface area contributed by atoms with E-state index in [1.54, 1.807) is 0 Å². The van der Waals surface area contributed by atoms with Gasteiger partial charge < -0.3 is 9.47 Å². The van der Waals surface area contributed by atoms with E-state index in [1.165, 1.54) is 5.56 Å². The topological polar surface area (TPSA) is 35.5 Å². The second-order valence-corrected chi connectivity index (χ2v) is 6.11. The number of hydrogen-bond acceptors (Lipinski definition) is 3. The van der Waals surface area contributed by atoms with Crippen LogP contribution in [0.3, 0.4) is 0 Å². The average molecular weight is 274 g/mol. The summed E-state index contributed by atoms with van der Waals surface area (Å²) in [7, 11) is 0. The molecule has 1 aromatic rings. The van der Waals surface area contributed by atoms with E-state index in [-0.39, 0.29) is 5.78 Å². The molecule has 0 N–H and O–H groups in total. The summed E-state index contributed by atoms with van der Waals surface area (Å²) in [5.74, 6) is 0.459. The number of benzene rings is 1. The standard InChI is InChI=1S/C17H22O3/c1-12(2)17(19-9-10-20-17)11-13-7-8-16(18)15-6-4-3-5-14(13)15/h3-6,12-13H,7-11H2,1-2H3/t13-/m1/s1. The van der Waals surface area contributed by atoms with Crippen LogP contribution in [0.5, 0.6) is 0 Å². The molecule has 0 spiro atoms. The van der Waals surface area contributed by atoms with Crippen molar-refractivity contribution in [3.05, 3.63) is 35.4 Å². The first kappa shape index (κ1) is 13.8. The van der Waals surface area contributed by atoms with Crippen LogP contribution < -0.4 is 0 Å². The SMILES string of the molecule is CC(C)C1(C[C@H]2CCC(=O)c3ccccc32)OCCO1. The summed E-state index contributed by atoms with van der Waals surface area (Å²) < 4.78 is 11.9. The summed E-state index contributed by atoms with van der Waals surface area (Å²) in [5, 5.41) is 0. The molecule has 1 heterocycles. The highest BCUT2D eigenvalue weighted by Crippen LogP contribution is 2.42. The Kier molecular flexibility index (Phi) is 3.65. The van der Waals surface area contributed by atoms with Crippen LogP contribution in [0.25, 0.3) is 0 Å². The minimum Gasteiger partial charge on any atom is -0.347 e. The maximum absolute atomic E-state index is 12.0. The number of Topliss-reactive ketones (excluding diaryl/α,β-unsaturated/α-hetero) is 1. The molecule has 1 atom stereocenters. The molecule has 0 saturated carbocycles. The molecule has 108 valence electrons. The van der Waals surface area contributed by atoms with Crippen LogP contribution in [-0.4, -0.2) is 24.8 Å². The van der Waals surface area contributed by atoms with Gasteiger partial charge in [0.25, 0.3) is 0 Å². The number of ketones is 1. The van der Waals surface area contributed by atoms with Crippen molar-refractivity contribution in [3.63, 3.8) is 0 Å². The van der Waals surface area contributed by atoms with Crippen LogP contribution in [0.4, 0.5) is 0 Å². The van der Waals surface area contributed by atoms with Gasteiger partial charge in [-0.3, -0.25) is 4.79 Å². The smallest absolute Gasteiger partial charge is 0.171 e. The fourth-order valence-electron chi connectivity index (χ4n) is 3.42. The quantitative estimate of drug-likeness (QED) is 0.845. The molecule has 3 nitrogen and oxygen atoms in total. The van der Waals surface area contributed by atoms with Crippen molar-refractivity contribution < 1.29 is 14.3 Å². The zero-order valence-electron chi connectivity index (χ0n) is 12.2. The van der Waals surface area contributed by atoms with Crippen LogP contribution in [0.1, 0.15) is 54.9 Å². The second-order valence-electron chi connectivity index (χ2n) is 6.11. The lowest BCUT2D eigenvalue weighted by molar-refractivity contribution is -0.195. The van der Waals surface area contributed by atoms with Crippen molar-refractivity contribution in [2.75, 3.05) is 13.2 Å². The van der Waals surface area contributed by atoms with Crippen molar-refractivity contribution >= 4 is 5.78 Å². The third kappa shape index (κ3) is 2.29. The molecule has 0 bridgehead atoms. The highest BCUT2D eigenvalue weighted by atomic mass is 16.7. The highest BCUT2D eigenvalue weighted by molar-refractivity contribution is 5.98. The van der Waals surface area contributed by atoms with Gasteiger partial charge in [0, 0.05) is 24.3 Å². The van der Waals surface area contributed by atoms with Crippen LogP contribution in [0.2, 0.25) is 0 Å². The van der Waals surface area contributed by atoms with Crippen molar-refractivity contribution in [2.24, 2.45) is 5.92 Å². The maximum Gasteiger partial charge on any atom is 0.171 e. The summed E-state index contributed by atoms with van der Waals surface area (Å²) in [6.07, 6.45) is 2.38. The lowest BCUT2D eigenvalue weighted by atomic mass is 9.77. The van der Waals surface area contributed by atoms with E-state index in [9.17, 15) is 4.79 Å². The Bertz CT molecular complexity index is 501. The molecule has 1 saturated heterocycles. The first-order valence-corrected chi connectivity index (χ1v) is 7.52. The molecule has 0 amide bonds. The molecule has 0 radical (unpaired) electrons. The Balaban J connectivity index is 1.88. The molecule has 3 heteroatoms. The Morgan fingerprint density at radius 2 is 1.95 bits per heavy atom. The first-order chi connectivity index (χ1) is 9.62. The van der Waals surface area contributed by atoms with E-state index in [1.807, 2.05) is 18.2 Å². The van der Waals surface area contributed by atoms with Crippen LogP contribution in [0.15, 0.2) is 24.3 Å². The summed E-state index contributed by atoms with van der Waals surface area (Å²) >= 11 is 0. The van der Waals surface area contributed by atoms with Gasteiger partial charge in [-0.15, -0.1) is 0 Å². The summed E-state index contributed by atoms with van der Waals surface area (Å²) in [5.41, 5.74) is 2.06. The van der Waals surface area contributed by atoms with Gasteiger partial charge in [0.2, 0.25) is 0 Å². The molecule has 0 aromatic heterocycles. The molecule has 1 aliphatic carbocycles. The minimum absolute atomic E-state index is 0.267. The molecule has 20 heavy (non-hydrogen) atoms. The van der Waals surface area contributed by atoms with E-state index in [2.05, 4.69) is 19.9 Å². The fourth-order valence-corrected chi connectivity index (χ4v) is 3.42. The molecule has 2 aliphatic rings. The summed E-state index contributed by atoms with van der Waals surface area (Å²) in [6, 6.07) is 7.99. The molecule has 1 aliphatic heterocycles. The number of carbonyl (C=O) groups excluding carboxylic acids is 1. The zero-order chi connectivity index (χ0) is 14.2. The molecule has 0 unspecified atom stereocenters. The van der Waals surface area contributed by atoms with Gasteiger partial charge in [-0.25, -0.2) is 0 Å². The average Bonchev–Trinajstić information content (AvgIpc) is 2.92. The van der Waals surface area contributed by atoms with Gasteiger partial charge in [0.15, 0.2) is 11.6 Å². The third-order valence-corrected chi connectivity index (χ3v) is 4.61. The lowest BCUT2D eigenvalue weighted by Gasteiger charge is -2.36. The van der Waals surface area contributed by atoms with Crippen molar-refractivity contribution in [1.29, 1.82) is 0 Å². The van der Waals surface area contributed by atoms with Crippen molar-refractivity contribution in [1.82, 2.24) is 0 Å². The Morgan fingerprint density at radius 3 is 2.65 bits per heavy atom. The largest absolute Gasteiger partial charge is 0.347 e. The van der Waals surface area contributed by atoms with Gasteiger partial charge >= 0.3 is 0 Å². The lowest BCUT2D eigenvalue weighted by Crippen LogP contribution is -2.39. The highest BCUT2D eigenvalue weighted by Gasteiger charge is 2.43. The molecular weight excluding hydrogens is 252 g/mol. The number of carbonyl (C=O) groups is 1. The first-order valence-electron chi connectivity index (χ1n) is 7.52. The van der Waals surface area contributed by atoms with E-state index in [0.29, 0.717) is 31.5 Å². The van der Waals surface area contributed by atoms with E-state index in [0.717, 1.165) is 18.4 Å². The second kappa shape index (κ2) is 5.30. The minimum atomic E-state index is -0.474. The monoisotopic (exact) mass is 274 g/mol. The van der Waals surface area contributed by atoms with Crippen LogP contribution >= 0.6 is 0 Å². The van der Waals surface area contributed by atoms with Crippen molar-refractivity contribution in [2.45, 2.75) is 44.8 Å². The number of hydrogen-bond donors (Lipinski definition) is 0. The van der Waals surface area contributed by atoms with E-state index < -0.39 is 5.79 Å². The van der Waals surface area contributed by atoms with Gasteiger partial charge in [0.1, 0.15) is 0 Å². The number of rotatable bonds is 3. The Morgan fingerprint density at radius 1 is 1.25 bits per heavy atom. The van der Waals surface area contributed by atoms with Gasteiger partial charge in [-0.2, -0.15) is 0 Å². The molecule has 3 rings (SSSR count). The normalized spacial score (nSPS) is 24.9. The molecule has 1 aromatic carbocycles. The predicted molar refractivity (Wildman–Crippen MR) is 76.8 cm³/mol. The van der Waals surface area contributed by atoms with E-state index in [4.69, 9.17) is 9.47 Å². The maximum atomic E-state index is 12.0. The van der Waals surface area contributed by atoms with Gasteiger partial charge in [-0.05, 0) is 17.9 Å². The van der Waals surface area contributed by atoms with Crippen LogP contribution in [0, 0.1) is 5.92 Å². The summed E-state index contributed by atoms with van der Waals surface area (Å²) in [4.78, 5) is 12.0. The van der Waals surface area contributed by atoms with Crippen molar-refractivity contribution in [3.8, 4) is 0 Å². The third-order valence-electron chi connectivity index (χ3n) is 4.61. The molecule has 1 fully saturated rings. The van der Waals surface area contributed by atoms with Gasteiger partial charge in [0.05, 0.1) is 13.2 Å². The predicted octanol–water partition coefficient (Wildman–Crippen LogP) is 3.54. The van der Waals surface area contributed by atoms with E-state index >= 15 is 0 Å².